The van der Waals surface area contributed by atoms with Crippen LogP contribution in [0.15, 0.2) is 91.0 Å². The van der Waals surface area contributed by atoms with E-state index in [1.54, 1.807) is 50.4 Å². The van der Waals surface area contributed by atoms with Crippen molar-refractivity contribution in [2.45, 2.75) is 13.0 Å². The second-order valence-electron chi connectivity index (χ2n) is 7.49. The summed E-state index contributed by atoms with van der Waals surface area (Å²) in [5.41, 5.74) is 1.02. The van der Waals surface area contributed by atoms with Gasteiger partial charge in [-0.25, -0.2) is 0 Å². The molecule has 0 aliphatic heterocycles. The second-order valence-corrected chi connectivity index (χ2v) is 7.49. The Kier molecular flexibility index (Phi) is 6.55. The number of carbonyl (C=O) groups is 2. The van der Waals surface area contributed by atoms with Crippen molar-refractivity contribution < 1.29 is 19.1 Å². The Morgan fingerprint density at radius 2 is 1.52 bits per heavy atom. The molecule has 6 heteroatoms. The molecule has 0 fully saturated rings. The Morgan fingerprint density at radius 1 is 0.818 bits per heavy atom. The molecule has 0 aliphatic rings. The fourth-order valence-electron chi connectivity index (χ4n) is 3.45. The van der Waals surface area contributed by atoms with E-state index in [-0.39, 0.29) is 11.8 Å². The number of methoxy groups -OCH3 is 1. The summed E-state index contributed by atoms with van der Waals surface area (Å²) in [5, 5.41) is 7.43. The monoisotopic (exact) mass is 440 g/mol. The lowest BCUT2D eigenvalue weighted by atomic mass is 10.0. The van der Waals surface area contributed by atoms with Crippen LogP contribution < -0.4 is 20.1 Å². The number of hydrogen-bond donors (Lipinski definition) is 2. The highest BCUT2D eigenvalue weighted by atomic mass is 16.5. The quantitative estimate of drug-likeness (QED) is 0.404. The van der Waals surface area contributed by atoms with Gasteiger partial charge in [0.2, 0.25) is 5.91 Å². The summed E-state index contributed by atoms with van der Waals surface area (Å²) in [6.07, 6.45) is 0. The molecule has 0 spiro atoms. The number of rotatable bonds is 7. The van der Waals surface area contributed by atoms with Gasteiger partial charge in [0.25, 0.3) is 5.91 Å². The predicted octanol–water partition coefficient (Wildman–Crippen LogP) is 5.40. The highest BCUT2D eigenvalue weighted by Crippen LogP contribution is 2.31. The van der Waals surface area contributed by atoms with Crippen molar-refractivity contribution in [1.29, 1.82) is 0 Å². The molecule has 166 valence electrons. The zero-order valence-electron chi connectivity index (χ0n) is 18.4. The minimum Gasteiger partial charge on any atom is -0.497 e. The van der Waals surface area contributed by atoms with Gasteiger partial charge in [-0.2, -0.15) is 0 Å². The van der Waals surface area contributed by atoms with Gasteiger partial charge >= 0.3 is 0 Å². The van der Waals surface area contributed by atoms with Crippen molar-refractivity contribution in [3.05, 3.63) is 96.6 Å². The first kappa shape index (κ1) is 21.9. The van der Waals surface area contributed by atoms with Crippen molar-refractivity contribution in [3.63, 3.8) is 0 Å². The molecule has 4 aromatic rings. The van der Waals surface area contributed by atoms with Crippen LogP contribution in [0.25, 0.3) is 10.8 Å². The van der Waals surface area contributed by atoms with Gasteiger partial charge in [-0.1, -0.05) is 54.6 Å². The molecule has 0 bridgehead atoms. The topological polar surface area (TPSA) is 76.7 Å². The van der Waals surface area contributed by atoms with Gasteiger partial charge in [0, 0.05) is 11.6 Å². The van der Waals surface area contributed by atoms with E-state index in [1.807, 2.05) is 54.6 Å². The third-order valence-corrected chi connectivity index (χ3v) is 5.19. The van der Waals surface area contributed by atoms with Crippen LogP contribution in [0.1, 0.15) is 17.3 Å². The molecule has 1 atom stereocenters. The summed E-state index contributed by atoms with van der Waals surface area (Å²) in [5.74, 6) is 1.06. The molecule has 6 nitrogen and oxygen atoms in total. The molecule has 0 aliphatic carbocycles. The highest BCUT2D eigenvalue weighted by molar-refractivity contribution is 6.09. The lowest BCUT2D eigenvalue weighted by Gasteiger charge is -2.17. The van der Waals surface area contributed by atoms with E-state index in [9.17, 15) is 9.59 Å². The standard InChI is InChI=1S/C27H24N2O4/c1-18(28-27(31)23-14-7-10-19-9-3-4-13-22(19)23)26(30)29-24-15-5-6-16-25(24)33-21-12-8-11-20(17-21)32-2/h3-18H,1-2H3,(H,28,31)(H,29,30)/t18-/m1/s1. The number of hydrogen-bond acceptors (Lipinski definition) is 4. The molecular formula is C27H24N2O4. The van der Waals surface area contributed by atoms with Gasteiger partial charge in [0.15, 0.2) is 5.75 Å². The zero-order valence-corrected chi connectivity index (χ0v) is 18.4. The van der Waals surface area contributed by atoms with Crippen LogP contribution in [0.4, 0.5) is 5.69 Å². The normalized spacial score (nSPS) is 11.5. The first-order valence-corrected chi connectivity index (χ1v) is 10.6. The lowest BCUT2D eigenvalue weighted by molar-refractivity contribution is -0.117. The predicted molar refractivity (Wildman–Crippen MR) is 129 cm³/mol. The second kappa shape index (κ2) is 9.87. The molecule has 2 amide bonds. The van der Waals surface area contributed by atoms with Gasteiger partial charge in [0.1, 0.15) is 17.5 Å². The third kappa shape index (κ3) is 5.13. The van der Waals surface area contributed by atoms with E-state index in [4.69, 9.17) is 9.47 Å². The van der Waals surface area contributed by atoms with Crippen molar-refractivity contribution in [2.75, 3.05) is 12.4 Å². The first-order valence-electron chi connectivity index (χ1n) is 10.6. The smallest absolute Gasteiger partial charge is 0.252 e. The zero-order chi connectivity index (χ0) is 23.2. The van der Waals surface area contributed by atoms with Crippen LogP contribution in [-0.2, 0) is 4.79 Å². The first-order chi connectivity index (χ1) is 16.0. The van der Waals surface area contributed by atoms with Crippen LogP contribution in [-0.4, -0.2) is 25.0 Å². The summed E-state index contributed by atoms with van der Waals surface area (Å²) in [4.78, 5) is 25.7. The van der Waals surface area contributed by atoms with Gasteiger partial charge in [0.05, 0.1) is 12.8 Å². The number of carbonyl (C=O) groups excluding carboxylic acids is 2. The van der Waals surface area contributed by atoms with Gasteiger partial charge < -0.3 is 20.1 Å². The molecule has 2 N–H and O–H groups in total. The molecule has 0 unspecified atom stereocenters. The maximum Gasteiger partial charge on any atom is 0.252 e. The Bertz CT molecular complexity index is 1300. The molecule has 33 heavy (non-hydrogen) atoms. The summed E-state index contributed by atoms with van der Waals surface area (Å²) >= 11 is 0. The number of fused-ring (bicyclic) bond motifs is 1. The van der Waals surface area contributed by atoms with Crippen molar-refractivity contribution in [1.82, 2.24) is 5.32 Å². The molecule has 4 rings (SSSR count). The summed E-state index contributed by atoms with van der Waals surface area (Å²) in [7, 11) is 1.58. The third-order valence-electron chi connectivity index (χ3n) is 5.19. The SMILES string of the molecule is COc1cccc(Oc2ccccc2NC(=O)[C@@H](C)NC(=O)c2cccc3ccccc23)c1. The van der Waals surface area contributed by atoms with Crippen LogP contribution in [0, 0.1) is 0 Å². The Morgan fingerprint density at radius 3 is 2.36 bits per heavy atom. The fourth-order valence-corrected chi connectivity index (χ4v) is 3.45. The van der Waals surface area contributed by atoms with Crippen molar-refractivity contribution in [2.24, 2.45) is 0 Å². The van der Waals surface area contributed by atoms with E-state index in [0.717, 1.165) is 10.8 Å². The number of para-hydroxylation sites is 2. The van der Waals surface area contributed by atoms with Crippen molar-refractivity contribution >= 4 is 28.3 Å². The average Bonchev–Trinajstić information content (AvgIpc) is 2.84. The van der Waals surface area contributed by atoms with E-state index in [1.165, 1.54) is 0 Å². The van der Waals surface area contributed by atoms with Crippen molar-refractivity contribution in [3.8, 4) is 17.2 Å². The minimum atomic E-state index is -0.763. The number of anilines is 1. The Hall–Kier alpha value is -4.32. The summed E-state index contributed by atoms with van der Waals surface area (Å²) in [6.45, 7) is 1.64. The van der Waals surface area contributed by atoms with Gasteiger partial charge in [-0.05, 0) is 48.0 Å². The minimum absolute atomic E-state index is 0.310. The largest absolute Gasteiger partial charge is 0.497 e. The molecule has 0 aromatic heterocycles. The summed E-state index contributed by atoms with van der Waals surface area (Å²) in [6, 6.07) is 26.7. The van der Waals surface area contributed by atoms with Gasteiger partial charge in [-0.3, -0.25) is 9.59 Å². The molecule has 0 saturated carbocycles. The van der Waals surface area contributed by atoms with Crippen LogP contribution in [0.2, 0.25) is 0 Å². The molecule has 0 radical (unpaired) electrons. The fraction of sp³-hybridized carbons (Fsp3) is 0.111. The number of ether oxygens (including phenoxy) is 2. The molecule has 0 saturated heterocycles. The number of amides is 2. The van der Waals surface area contributed by atoms with E-state index in [0.29, 0.717) is 28.5 Å². The Balaban J connectivity index is 1.46. The number of nitrogens with one attached hydrogen (secondary N) is 2. The summed E-state index contributed by atoms with van der Waals surface area (Å²) < 4.78 is 11.2. The Labute approximate surface area is 192 Å². The molecular weight excluding hydrogens is 416 g/mol. The lowest BCUT2D eigenvalue weighted by Crippen LogP contribution is -2.41. The van der Waals surface area contributed by atoms with E-state index in [2.05, 4.69) is 10.6 Å². The molecule has 0 heterocycles. The van der Waals surface area contributed by atoms with Gasteiger partial charge in [-0.15, -0.1) is 0 Å². The van der Waals surface area contributed by atoms with Crippen LogP contribution >= 0.6 is 0 Å². The van der Waals surface area contributed by atoms with E-state index < -0.39 is 6.04 Å². The maximum absolute atomic E-state index is 12.9. The molecule has 4 aromatic carbocycles. The number of benzene rings is 4. The maximum atomic E-state index is 12.9. The van der Waals surface area contributed by atoms with Crippen LogP contribution in [0.5, 0.6) is 17.2 Å². The van der Waals surface area contributed by atoms with Crippen LogP contribution in [0.3, 0.4) is 0 Å². The van der Waals surface area contributed by atoms with E-state index >= 15 is 0 Å². The highest BCUT2D eigenvalue weighted by Gasteiger charge is 2.19. The average molecular weight is 440 g/mol.